The first-order valence-corrected chi connectivity index (χ1v) is 5.97. The van der Waals surface area contributed by atoms with Gasteiger partial charge in [0.2, 0.25) is 6.79 Å². The molecule has 0 saturated heterocycles. The molecule has 1 aromatic carbocycles. The maximum absolute atomic E-state index is 13.6. The Bertz CT molecular complexity index is 492. The lowest BCUT2D eigenvalue weighted by atomic mass is 9.95. The Morgan fingerprint density at radius 3 is 2.44 bits per heavy atom. The summed E-state index contributed by atoms with van der Waals surface area (Å²) in [5, 5.41) is 0. The zero-order valence-corrected chi connectivity index (χ0v) is 10.1. The third-order valence-electron chi connectivity index (χ3n) is 3.51. The first-order chi connectivity index (χ1) is 8.37. The standard InChI is InChI=1S/C13H15F2NO2/c1-12(14,15)9-5-11-10(17-7-18-11)4-8(9)6-13(16)2-3-13/h4-5H,2-3,6-7,16H2,1H3. The molecule has 1 aromatic rings. The average molecular weight is 255 g/mol. The minimum atomic E-state index is -2.90. The third-order valence-corrected chi connectivity index (χ3v) is 3.51. The van der Waals surface area contributed by atoms with Gasteiger partial charge in [-0.15, -0.1) is 0 Å². The SMILES string of the molecule is CC(F)(F)c1cc2c(cc1CC1(N)CC1)OCO2. The molecule has 1 aliphatic carbocycles. The molecule has 98 valence electrons. The quantitative estimate of drug-likeness (QED) is 0.902. The highest BCUT2D eigenvalue weighted by Crippen LogP contribution is 2.44. The van der Waals surface area contributed by atoms with Crippen molar-refractivity contribution in [1.82, 2.24) is 0 Å². The predicted molar refractivity (Wildman–Crippen MR) is 62.0 cm³/mol. The van der Waals surface area contributed by atoms with Crippen molar-refractivity contribution in [2.24, 2.45) is 5.73 Å². The van der Waals surface area contributed by atoms with Crippen molar-refractivity contribution in [2.45, 2.75) is 37.6 Å². The van der Waals surface area contributed by atoms with Crippen molar-refractivity contribution in [2.75, 3.05) is 6.79 Å². The second kappa shape index (κ2) is 3.57. The molecule has 1 saturated carbocycles. The number of fused-ring (bicyclic) bond motifs is 1. The summed E-state index contributed by atoms with van der Waals surface area (Å²) < 4.78 is 37.7. The van der Waals surface area contributed by atoms with Crippen LogP contribution in [0.5, 0.6) is 11.5 Å². The average Bonchev–Trinajstić information content (AvgIpc) is 2.82. The lowest BCUT2D eigenvalue weighted by Gasteiger charge is -2.19. The van der Waals surface area contributed by atoms with Gasteiger partial charge in [-0.2, -0.15) is 0 Å². The summed E-state index contributed by atoms with van der Waals surface area (Å²) in [6.07, 6.45) is 2.23. The van der Waals surface area contributed by atoms with Crippen LogP contribution in [-0.4, -0.2) is 12.3 Å². The van der Waals surface area contributed by atoms with E-state index < -0.39 is 5.92 Å². The van der Waals surface area contributed by atoms with Crippen LogP contribution in [0.25, 0.3) is 0 Å². The Hall–Kier alpha value is -1.36. The van der Waals surface area contributed by atoms with Gasteiger partial charge < -0.3 is 15.2 Å². The first-order valence-electron chi connectivity index (χ1n) is 5.97. The Balaban J connectivity index is 2.04. The number of benzene rings is 1. The number of alkyl halides is 2. The molecule has 3 nitrogen and oxygen atoms in total. The Labute approximate surface area is 104 Å². The Morgan fingerprint density at radius 2 is 1.89 bits per heavy atom. The zero-order valence-electron chi connectivity index (χ0n) is 10.1. The van der Waals surface area contributed by atoms with E-state index in [4.69, 9.17) is 15.2 Å². The molecule has 0 radical (unpaired) electrons. The van der Waals surface area contributed by atoms with Gasteiger partial charge in [-0.25, -0.2) is 8.78 Å². The molecule has 0 atom stereocenters. The van der Waals surface area contributed by atoms with Gasteiger partial charge in [0.05, 0.1) is 0 Å². The summed E-state index contributed by atoms with van der Waals surface area (Å²) in [5.74, 6) is -1.99. The summed E-state index contributed by atoms with van der Waals surface area (Å²) >= 11 is 0. The minimum absolute atomic E-state index is 0.0107. The maximum atomic E-state index is 13.6. The molecule has 5 heteroatoms. The molecule has 0 bridgehead atoms. The maximum Gasteiger partial charge on any atom is 0.270 e. The Morgan fingerprint density at radius 1 is 1.28 bits per heavy atom. The summed E-state index contributed by atoms with van der Waals surface area (Å²) in [4.78, 5) is 0. The molecular formula is C13H15F2NO2. The molecular weight excluding hydrogens is 240 g/mol. The van der Waals surface area contributed by atoms with Crippen LogP contribution in [0.1, 0.15) is 30.9 Å². The van der Waals surface area contributed by atoms with Crippen molar-refractivity contribution in [1.29, 1.82) is 0 Å². The van der Waals surface area contributed by atoms with Gasteiger partial charge in [-0.05, 0) is 37.0 Å². The molecule has 2 aliphatic rings. The number of hydrogen-bond donors (Lipinski definition) is 1. The molecule has 2 N–H and O–H groups in total. The zero-order chi connectivity index (χ0) is 13.0. The second-order valence-electron chi connectivity index (χ2n) is 5.29. The molecule has 18 heavy (non-hydrogen) atoms. The van der Waals surface area contributed by atoms with Crippen LogP contribution in [0.4, 0.5) is 8.78 Å². The number of ether oxygens (including phenoxy) is 2. The van der Waals surface area contributed by atoms with E-state index in [0.717, 1.165) is 19.8 Å². The summed E-state index contributed by atoms with van der Waals surface area (Å²) in [6.45, 7) is 0.978. The first kappa shape index (κ1) is 11.7. The van der Waals surface area contributed by atoms with E-state index in [0.29, 0.717) is 23.5 Å². The van der Waals surface area contributed by atoms with Crippen molar-refractivity contribution in [3.8, 4) is 11.5 Å². The summed E-state index contributed by atoms with van der Waals surface area (Å²) in [7, 11) is 0. The summed E-state index contributed by atoms with van der Waals surface area (Å²) in [5.41, 5.74) is 6.26. The van der Waals surface area contributed by atoms with Crippen LogP contribution in [0.2, 0.25) is 0 Å². The molecule has 0 aromatic heterocycles. The third kappa shape index (κ3) is 2.03. The molecule has 1 fully saturated rings. The number of halogens is 2. The van der Waals surface area contributed by atoms with Crippen LogP contribution >= 0.6 is 0 Å². The molecule has 1 heterocycles. The lowest BCUT2D eigenvalue weighted by Crippen LogP contribution is -2.26. The van der Waals surface area contributed by atoms with Gasteiger partial charge in [0.1, 0.15) is 0 Å². The summed E-state index contributed by atoms with van der Waals surface area (Å²) in [6, 6.07) is 3.02. The van der Waals surface area contributed by atoms with E-state index in [1.54, 1.807) is 6.07 Å². The topological polar surface area (TPSA) is 44.5 Å². The normalized spacial score (nSPS) is 20.0. The van der Waals surface area contributed by atoms with Gasteiger partial charge >= 0.3 is 0 Å². The fourth-order valence-corrected chi connectivity index (χ4v) is 2.26. The largest absolute Gasteiger partial charge is 0.454 e. The Kier molecular flexibility index (Phi) is 2.32. The lowest BCUT2D eigenvalue weighted by molar-refractivity contribution is 0.0163. The fraction of sp³-hybridized carbons (Fsp3) is 0.538. The van der Waals surface area contributed by atoms with Crippen molar-refractivity contribution in [3.63, 3.8) is 0 Å². The van der Waals surface area contributed by atoms with Crippen LogP contribution in [0, 0.1) is 0 Å². The van der Waals surface area contributed by atoms with Gasteiger partial charge in [-0.3, -0.25) is 0 Å². The van der Waals surface area contributed by atoms with Crippen LogP contribution in [0.3, 0.4) is 0 Å². The predicted octanol–water partition coefficient (Wildman–Crippen LogP) is 2.56. The van der Waals surface area contributed by atoms with E-state index in [-0.39, 0.29) is 17.9 Å². The van der Waals surface area contributed by atoms with Crippen molar-refractivity contribution in [3.05, 3.63) is 23.3 Å². The minimum Gasteiger partial charge on any atom is -0.454 e. The van der Waals surface area contributed by atoms with Crippen molar-refractivity contribution < 1.29 is 18.3 Å². The van der Waals surface area contributed by atoms with Gasteiger partial charge in [0.25, 0.3) is 5.92 Å². The number of hydrogen-bond acceptors (Lipinski definition) is 3. The van der Waals surface area contributed by atoms with E-state index in [1.807, 2.05) is 0 Å². The van der Waals surface area contributed by atoms with Crippen LogP contribution in [-0.2, 0) is 12.3 Å². The molecule has 0 spiro atoms. The second-order valence-corrected chi connectivity index (χ2v) is 5.29. The molecule has 0 unspecified atom stereocenters. The fourth-order valence-electron chi connectivity index (χ4n) is 2.26. The number of nitrogens with two attached hydrogens (primary N) is 1. The number of rotatable bonds is 3. The van der Waals surface area contributed by atoms with Gasteiger partial charge in [-0.1, -0.05) is 0 Å². The van der Waals surface area contributed by atoms with Gasteiger partial charge in [0, 0.05) is 18.0 Å². The highest BCUT2D eigenvalue weighted by atomic mass is 19.3. The van der Waals surface area contributed by atoms with Crippen molar-refractivity contribution >= 4 is 0 Å². The van der Waals surface area contributed by atoms with Gasteiger partial charge in [0.15, 0.2) is 11.5 Å². The van der Waals surface area contributed by atoms with E-state index in [2.05, 4.69) is 0 Å². The highest BCUT2D eigenvalue weighted by molar-refractivity contribution is 5.50. The smallest absolute Gasteiger partial charge is 0.270 e. The van der Waals surface area contributed by atoms with E-state index in [1.165, 1.54) is 6.07 Å². The molecule has 3 rings (SSSR count). The van der Waals surface area contributed by atoms with Crippen LogP contribution in [0.15, 0.2) is 12.1 Å². The highest BCUT2D eigenvalue weighted by Gasteiger charge is 2.41. The molecule has 1 aliphatic heterocycles. The van der Waals surface area contributed by atoms with E-state index in [9.17, 15) is 8.78 Å². The molecule has 0 amide bonds. The van der Waals surface area contributed by atoms with E-state index >= 15 is 0 Å². The monoisotopic (exact) mass is 255 g/mol. The van der Waals surface area contributed by atoms with Crippen LogP contribution < -0.4 is 15.2 Å².